The molecule has 0 fully saturated rings. The number of methoxy groups -OCH3 is 1. The molecular formula is C15H13N3O5S. The number of hydrogen-bond donors (Lipinski definition) is 3. The van der Waals surface area contributed by atoms with E-state index in [4.69, 9.17) is 22.1 Å². The third kappa shape index (κ3) is 4.17. The number of carboxylic acid groups (broad SMARTS) is 1. The van der Waals surface area contributed by atoms with Crippen LogP contribution in [0.15, 0.2) is 42.5 Å². The first kappa shape index (κ1) is 17.2. The second kappa shape index (κ2) is 7.38. The van der Waals surface area contributed by atoms with E-state index in [1.54, 1.807) is 12.1 Å². The van der Waals surface area contributed by atoms with E-state index in [1.165, 1.54) is 37.4 Å². The maximum absolute atomic E-state index is 10.8. The Bertz CT molecular complexity index is 792. The van der Waals surface area contributed by atoms with E-state index in [2.05, 4.69) is 10.6 Å². The van der Waals surface area contributed by atoms with Crippen LogP contribution in [0, 0.1) is 10.1 Å². The average Bonchev–Trinajstić information content (AvgIpc) is 2.55. The van der Waals surface area contributed by atoms with Crippen LogP contribution in [0.5, 0.6) is 5.75 Å². The van der Waals surface area contributed by atoms with E-state index >= 15 is 0 Å². The van der Waals surface area contributed by atoms with Crippen molar-refractivity contribution in [2.75, 3.05) is 17.7 Å². The van der Waals surface area contributed by atoms with Gasteiger partial charge in [-0.1, -0.05) is 0 Å². The zero-order valence-corrected chi connectivity index (χ0v) is 13.3. The van der Waals surface area contributed by atoms with Crippen molar-refractivity contribution in [2.24, 2.45) is 0 Å². The smallest absolute Gasteiger partial charge is 0.335 e. The lowest BCUT2D eigenvalue weighted by molar-refractivity contribution is -0.384. The van der Waals surface area contributed by atoms with E-state index in [0.717, 1.165) is 0 Å². The van der Waals surface area contributed by atoms with Crippen LogP contribution in [-0.4, -0.2) is 28.2 Å². The van der Waals surface area contributed by atoms with Crippen molar-refractivity contribution in [1.82, 2.24) is 0 Å². The van der Waals surface area contributed by atoms with Crippen molar-refractivity contribution in [1.29, 1.82) is 0 Å². The molecule has 24 heavy (non-hydrogen) atoms. The Morgan fingerprint density at radius 1 is 1.21 bits per heavy atom. The summed E-state index contributed by atoms with van der Waals surface area (Å²) in [5, 5.41) is 25.6. The molecule has 0 aliphatic carbocycles. The quantitative estimate of drug-likeness (QED) is 0.429. The highest BCUT2D eigenvalue weighted by molar-refractivity contribution is 7.80. The Balaban J connectivity index is 2.09. The van der Waals surface area contributed by atoms with Gasteiger partial charge in [0.15, 0.2) is 5.11 Å². The summed E-state index contributed by atoms with van der Waals surface area (Å²) in [6.07, 6.45) is 0. The summed E-state index contributed by atoms with van der Waals surface area (Å²) in [5.74, 6) is -0.743. The van der Waals surface area contributed by atoms with Gasteiger partial charge in [-0.15, -0.1) is 0 Å². The third-order valence-electron chi connectivity index (χ3n) is 3.03. The number of carbonyl (C=O) groups is 1. The maximum atomic E-state index is 10.8. The molecule has 0 saturated carbocycles. The number of anilines is 2. The first-order valence-corrected chi connectivity index (χ1v) is 7.05. The van der Waals surface area contributed by atoms with Crippen LogP contribution in [0.4, 0.5) is 17.1 Å². The van der Waals surface area contributed by atoms with E-state index in [-0.39, 0.29) is 22.1 Å². The van der Waals surface area contributed by atoms with Gasteiger partial charge in [0, 0.05) is 11.8 Å². The monoisotopic (exact) mass is 347 g/mol. The second-order valence-electron chi connectivity index (χ2n) is 4.60. The summed E-state index contributed by atoms with van der Waals surface area (Å²) in [5.41, 5.74) is 1.12. The predicted molar refractivity (Wildman–Crippen MR) is 92.9 cm³/mol. The Hall–Kier alpha value is -3.20. The zero-order valence-electron chi connectivity index (χ0n) is 12.5. The summed E-state index contributed by atoms with van der Waals surface area (Å²) in [7, 11) is 1.39. The average molecular weight is 347 g/mol. The van der Waals surface area contributed by atoms with E-state index in [0.29, 0.717) is 11.4 Å². The summed E-state index contributed by atoms with van der Waals surface area (Å²) >= 11 is 5.17. The minimum absolute atomic E-state index is 0.0967. The summed E-state index contributed by atoms with van der Waals surface area (Å²) in [6.45, 7) is 0. The molecule has 2 aromatic carbocycles. The van der Waals surface area contributed by atoms with Gasteiger partial charge in [0.1, 0.15) is 5.75 Å². The summed E-state index contributed by atoms with van der Waals surface area (Å²) < 4.78 is 5.11. The highest BCUT2D eigenvalue weighted by Crippen LogP contribution is 2.29. The van der Waals surface area contributed by atoms with Crippen molar-refractivity contribution in [2.45, 2.75) is 0 Å². The van der Waals surface area contributed by atoms with E-state index in [9.17, 15) is 14.9 Å². The van der Waals surface area contributed by atoms with Crippen molar-refractivity contribution in [3.05, 3.63) is 58.1 Å². The van der Waals surface area contributed by atoms with Gasteiger partial charge >= 0.3 is 5.97 Å². The Morgan fingerprint density at radius 2 is 1.88 bits per heavy atom. The van der Waals surface area contributed by atoms with E-state index in [1.807, 2.05) is 0 Å². The lowest BCUT2D eigenvalue weighted by atomic mass is 10.2. The number of nitro benzene ring substituents is 1. The molecule has 9 heteroatoms. The number of benzene rings is 2. The van der Waals surface area contributed by atoms with Gasteiger partial charge in [0.2, 0.25) is 0 Å². The molecule has 0 radical (unpaired) electrons. The first-order valence-electron chi connectivity index (χ1n) is 6.64. The number of aromatic carboxylic acids is 1. The standard InChI is InChI=1S/C15H13N3O5S/c1-23-13-8-11(18(21)22)6-7-12(13)17-15(24)16-10-4-2-9(3-5-10)14(19)20/h2-8H,1H3,(H,19,20)(H2,16,17,24). The zero-order chi connectivity index (χ0) is 17.7. The molecule has 8 nitrogen and oxygen atoms in total. The fourth-order valence-corrected chi connectivity index (χ4v) is 2.11. The molecule has 2 rings (SSSR count). The van der Waals surface area contributed by atoms with Crippen LogP contribution in [0.2, 0.25) is 0 Å². The fraction of sp³-hybridized carbons (Fsp3) is 0.0667. The van der Waals surface area contributed by atoms with Gasteiger partial charge in [-0.25, -0.2) is 4.79 Å². The second-order valence-corrected chi connectivity index (χ2v) is 5.01. The number of non-ortho nitro benzene ring substituents is 1. The Labute approximate surface area is 142 Å². The fourth-order valence-electron chi connectivity index (χ4n) is 1.88. The predicted octanol–water partition coefficient (Wildman–Crippen LogP) is 3.11. The summed E-state index contributed by atoms with van der Waals surface area (Å²) in [4.78, 5) is 21.0. The van der Waals surface area contributed by atoms with Crippen molar-refractivity contribution in [3.63, 3.8) is 0 Å². The van der Waals surface area contributed by atoms with Crippen LogP contribution in [-0.2, 0) is 0 Å². The Morgan fingerprint density at radius 3 is 2.42 bits per heavy atom. The van der Waals surface area contributed by atoms with Gasteiger partial charge in [-0.3, -0.25) is 10.1 Å². The van der Waals surface area contributed by atoms with Gasteiger partial charge in [-0.2, -0.15) is 0 Å². The lowest BCUT2D eigenvalue weighted by Gasteiger charge is -2.13. The molecule has 0 aliphatic rings. The largest absolute Gasteiger partial charge is 0.494 e. The Kier molecular flexibility index (Phi) is 5.27. The molecule has 3 N–H and O–H groups in total. The highest BCUT2D eigenvalue weighted by Gasteiger charge is 2.12. The number of carboxylic acids is 1. The normalized spacial score (nSPS) is 9.88. The molecule has 0 saturated heterocycles. The topological polar surface area (TPSA) is 114 Å². The van der Waals surface area contributed by atoms with Gasteiger partial charge < -0.3 is 20.5 Å². The molecule has 0 spiro atoms. The van der Waals surface area contributed by atoms with Crippen LogP contribution in [0.3, 0.4) is 0 Å². The molecule has 0 unspecified atom stereocenters. The number of rotatable bonds is 5. The number of nitrogens with zero attached hydrogens (tertiary/aromatic N) is 1. The molecule has 2 aromatic rings. The molecule has 0 aromatic heterocycles. The third-order valence-corrected chi connectivity index (χ3v) is 3.24. The first-order chi connectivity index (χ1) is 11.4. The van der Waals surface area contributed by atoms with Crippen molar-refractivity contribution >= 4 is 40.4 Å². The van der Waals surface area contributed by atoms with Crippen LogP contribution in [0.25, 0.3) is 0 Å². The highest BCUT2D eigenvalue weighted by atomic mass is 32.1. The molecule has 124 valence electrons. The molecule has 0 bridgehead atoms. The lowest BCUT2D eigenvalue weighted by Crippen LogP contribution is -2.19. The number of nitro groups is 1. The van der Waals surface area contributed by atoms with Gasteiger partial charge in [0.05, 0.1) is 29.4 Å². The van der Waals surface area contributed by atoms with Crippen molar-refractivity contribution in [3.8, 4) is 5.75 Å². The molecule has 0 heterocycles. The molecule has 0 atom stereocenters. The maximum Gasteiger partial charge on any atom is 0.335 e. The minimum atomic E-state index is -1.02. The minimum Gasteiger partial charge on any atom is -0.494 e. The van der Waals surface area contributed by atoms with Crippen molar-refractivity contribution < 1.29 is 19.6 Å². The molecular weight excluding hydrogens is 334 g/mol. The van der Waals surface area contributed by atoms with Crippen LogP contribution >= 0.6 is 12.2 Å². The molecule has 0 amide bonds. The number of nitrogens with one attached hydrogen (secondary N) is 2. The SMILES string of the molecule is COc1cc([N+](=O)[O-])ccc1NC(=S)Nc1ccc(C(=O)O)cc1. The number of thiocarbonyl (C=S) groups is 1. The van der Waals surface area contributed by atoms with Gasteiger partial charge in [-0.05, 0) is 42.5 Å². The van der Waals surface area contributed by atoms with Crippen LogP contribution < -0.4 is 15.4 Å². The van der Waals surface area contributed by atoms with Crippen LogP contribution in [0.1, 0.15) is 10.4 Å². The van der Waals surface area contributed by atoms with E-state index < -0.39 is 10.9 Å². The number of hydrogen-bond acceptors (Lipinski definition) is 5. The number of ether oxygens (including phenoxy) is 1. The molecule has 0 aliphatic heterocycles. The summed E-state index contributed by atoms with van der Waals surface area (Å²) in [6, 6.07) is 10.1. The van der Waals surface area contributed by atoms with Gasteiger partial charge in [0.25, 0.3) is 5.69 Å².